The third kappa shape index (κ3) is 4.54. The molecule has 25 heavy (non-hydrogen) atoms. The van der Waals surface area contributed by atoms with Crippen LogP contribution in [0.5, 0.6) is 0 Å². The Balaban J connectivity index is 2.04. The van der Waals surface area contributed by atoms with Gasteiger partial charge in [-0.25, -0.2) is 8.78 Å². The summed E-state index contributed by atoms with van der Waals surface area (Å²) in [7, 11) is 1.95. The molecule has 2 unspecified atom stereocenters. The van der Waals surface area contributed by atoms with E-state index in [1.807, 2.05) is 31.0 Å². The van der Waals surface area contributed by atoms with Crippen LogP contribution >= 0.6 is 0 Å². The van der Waals surface area contributed by atoms with E-state index < -0.39 is 23.8 Å². The highest BCUT2D eigenvalue weighted by Crippen LogP contribution is 2.20. The molecular formula is C19H22F2N2O2. The maximum atomic E-state index is 13.3. The van der Waals surface area contributed by atoms with Gasteiger partial charge in [0.1, 0.15) is 0 Å². The molecular weight excluding hydrogens is 326 g/mol. The van der Waals surface area contributed by atoms with E-state index in [2.05, 4.69) is 5.32 Å². The Hall–Kier alpha value is -2.47. The van der Waals surface area contributed by atoms with Crippen LogP contribution in [0, 0.1) is 11.6 Å². The first-order valence-corrected chi connectivity index (χ1v) is 8.08. The van der Waals surface area contributed by atoms with Crippen molar-refractivity contribution in [2.45, 2.75) is 26.0 Å². The van der Waals surface area contributed by atoms with Crippen molar-refractivity contribution in [3.8, 4) is 0 Å². The number of hydrogen-bond acceptors (Lipinski definition) is 3. The number of benzene rings is 2. The first-order chi connectivity index (χ1) is 11.8. The van der Waals surface area contributed by atoms with Crippen molar-refractivity contribution in [1.82, 2.24) is 5.32 Å². The third-order valence-electron chi connectivity index (χ3n) is 4.16. The van der Waals surface area contributed by atoms with Gasteiger partial charge in [0.15, 0.2) is 11.6 Å². The zero-order chi connectivity index (χ0) is 18.6. The van der Waals surface area contributed by atoms with Gasteiger partial charge in [-0.05, 0) is 55.8 Å². The molecule has 0 fully saturated rings. The van der Waals surface area contributed by atoms with Crippen LogP contribution in [0.4, 0.5) is 14.5 Å². The molecule has 0 aliphatic heterocycles. The summed E-state index contributed by atoms with van der Waals surface area (Å²) < 4.78 is 26.3. The van der Waals surface area contributed by atoms with Crippen molar-refractivity contribution in [2.75, 3.05) is 18.5 Å². The summed E-state index contributed by atoms with van der Waals surface area (Å²) in [5.41, 5.74) is 1.65. The average Bonchev–Trinajstić information content (AvgIpc) is 2.62. The van der Waals surface area contributed by atoms with Crippen LogP contribution in [0.2, 0.25) is 0 Å². The molecule has 4 nitrogen and oxygen atoms in total. The van der Waals surface area contributed by atoms with Gasteiger partial charge in [-0.2, -0.15) is 0 Å². The highest BCUT2D eigenvalue weighted by molar-refractivity contribution is 5.94. The van der Waals surface area contributed by atoms with Crippen LogP contribution in [0.1, 0.15) is 35.9 Å². The van der Waals surface area contributed by atoms with Crippen molar-refractivity contribution >= 4 is 11.6 Å². The van der Waals surface area contributed by atoms with E-state index in [9.17, 15) is 18.7 Å². The van der Waals surface area contributed by atoms with E-state index >= 15 is 0 Å². The minimum Gasteiger partial charge on any atom is -0.386 e. The fourth-order valence-corrected chi connectivity index (χ4v) is 2.40. The number of rotatable bonds is 6. The Kier molecular flexibility index (Phi) is 6.09. The van der Waals surface area contributed by atoms with E-state index in [4.69, 9.17) is 0 Å². The van der Waals surface area contributed by atoms with Gasteiger partial charge >= 0.3 is 0 Å². The topological polar surface area (TPSA) is 52.6 Å². The molecule has 0 aliphatic rings. The summed E-state index contributed by atoms with van der Waals surface area (Å²) in [6.07, 6.45) is -1.15. The summed E-state index contributed by atoms with van der Waals surface area (Å²) in [6, 6.07) is 9.59. The second kappa shape index (κ2) is 8.07. The lowest BCUT2D eigenvalue weighted by molar-refractivity contribution is 0.0851. The van der Waals surface area contributed by atoms with Gasteiger partial charge in [-0.1, -0.05) is 6.07 Å². The highest BCUT2D eigenvalue weighted by Gasteiger charge is 2.20. The molecule has 0 heterocycles. The number of hydrogen-bond donors (Lipinski definition) is 2. The SMILES string of the molecule is CCN(C)c1ccc(C(=O)NC(C)C(O)c2ccc(F)c(F)c2)cc1. The molecule has 0 aromatic heterocycles. The fraction of sp³-hybridized carbons (Fsp3) is 0.316. The van der Waals surface area contributed by atoms with Gasteiger partial charge < -0.3 is 15.3 Å². The summed E-state index contributed by atoms with van der Waals surface area (Å²) in [5, 5.41) is 12.9. The van der Waals surface area contributed by atoms with Crippen molar-refractivity contribution in [3.05, 3.63) is 65.2 Å². The van der Waals surface area contributed by atoms with E-state index in [0.717, 1.165) is 24.4 Å². The van der Waals surface area contributed by atoms with Crippen LogP contribution < -0.4 is 10.2 Å². The van der Waals surface area contributed by atoms with E-state index in [1.54, 1.807) is 19.1 Å². The molecule has 2 aromatic rings. The molecule has 0 saturated carbocycles. The highest BCUT2D eigenvalue weighted by atomic mass is 19.2. The van der Waals surface area contributed by atoms with Gasteiger partial charge in [0, 0.05) is 24.8 Å². The molecule has 0 saturated heterocycles. The van der Waals surface area contributed by atoms with Crippen molar-refractivity contribution < 1.29 is 18.7 Å². The Morgan fingerprint density at radius 3 is 2.36 bits per heavy atom. The number of carbonyl (C=O) groups excluding carboxylic acids is 1. The minimum absolute atomic E-state index is 0.201. The second-order valence-electron chi connectivity index (χ2n) is 5.94. The van der Waals surface area contributed by atoms with E-state index in [-0.39, 0.29) is 11.5 Å². The number of aliphatic hydroxyl groups excluding tert-OH is 1. The molecule has 2 atom stereocenters. The standard InChI is InChI=1S/C19H22F2N2O2/c1-4-23(3)15-8-5-13(6-9-15)19(25)22-12(2)18(24)14-7-10-16(20)17(21)11-14/h5-12,18,24H,4H2,1-3H3,(H,22,25). The third-order valence-corrected chi connectivity index (χ3v) is 4.16. The van der Waals surface area contributed by atoms with Crippen LogP contribution in [-0.4, -0.2) is 30.6 Å². The Labute approximate surface area is 146 Å². The Morgan fingerprint density at radius 2 is 1.80 bits per heavy atom. The second-order valence-corrected chi connectivity index (χ2v) is 5.94. The molecule has 0 spiro atoms. The first-order valence-electron chi connectivity index (χ1n) is 8.08. The fourth-order valence-electron chi connectivity index (χ4n) is 2.40. The molecule has 2 N–H and O–H groups in total. The predicted octanol–water partition coefficient (Wildman–Crippen LogP) is 3.27. The summed E-state index contributed by atoms with van der Waals surface area (Å²) in [5.74, 6) is -2.37. The lowest BCUT2D eigenvalue weighted by atomic mass is 10.0. The molecule has 2 aromatic carbocycles. The number of nitrogens with zero attached hydrogens (tertiary/aromatic N) is 1. The zero-order valence-electron chi connectivity index (χ0n) is 14.5. The maximum Gasteiger partial charge on any atom is 0.251 e. The molecule has 0 bridgehead atoms. The molecule has 2 rings (SSSR count). The van der Waals surface area contributed by atoms with E-state index in [0.29, 0.717) is 5.56 Å². The Bertz CT molecular complexity index is 735. The van der Waals surface area contributed by atoms with Crippen LogP contribution in [-0.2, 0) is 0 Å². The normalized spacial score (nSPS) is 13.2. The monoisotopic (exact) mass is 348 g/mol. The summed E-state index contributed by atoms with van der Waals surface area (Å²) >= 11 is 0. The minimum atomic E-state index is -1.15. The number of aliphatic hydroxyl groups is 1. The van der Waals surface area contributed by atoms with Crippen LogP contribution in [0.3, 0.4) is 0 Å². The van der Waals surface area contributed by atoms with Crippen molar-refractivity contribution in [3.63, 3.8) is 0 Å². The number of anilines is 1. The summed E-state index contributed by atoms with van der Waals surface area (Å²) in [6.45, 7) is 4.48. The Morgan fingerprint density at radius 1 is 1.16 bits per heavy atom. The quantitative estimate of drug-likeness (QED) is 0.842. The molecule has 134 valence electrons. The van der Waals surface area contributed by atoms with Gasteiger partial charge in [-0.3, -0.25) is 4.79 Å². The molecule has 1 amide bonds. The lowest BCUT2D eigenvalue weighted by Crippen LogP contribution is -2.37. The van der Waals surface area contributed by atoms with Crippen LogP contribution in [0.15, 0.2) is 42.5 Å². The van der Waals surface area contributed by atoms with Gasteiger partial charge in [0.25, 0.3) is 5.91 Å². The number of halogens is 2. The van der Waals surface area contributed by atoms with Gasteiger partial charge in [0.05, 0.1) is 12.1 Å². The largest absolute Gasteiger partial charge is 0.386 e. The van der Waals surface area contributed by atoms with Gasteiger partial charge in [0.2, 0.25) is 0 Å². The smallest absolute Gasteiger partial charge is 0.251 e. The first kappa shape index (κ1) is 18.9. The average molecular weight is 348 g/mol. The van der Waals surface area contributed by atoms with Crippen molar-refractivity contribution in [1.29, 1.82) is 0 Å². The number of carbonyl (C=O) groups is 1. The maximum absolute atomic E-state index is 13.3. The number of amides is 1. The summed E-state index contributed by atoms with van der Waals surface area (Å²) in [4.78, 5) is 14.3. The van der Waals surface area contributed by atoms with E-state index in [1.165, 1.54) is 6.07 Å². The predicted molar refractivity (Wildman–Crippen MR) is 93.6 cm³/mol. The van der Waals surface area contributed by atoms with Gasteiger partial charge in [-0.15, -0.1) is 0 Å². The zero-order valence-corrected chi connectivity index (χ0v) is 14.5. The molecule has 0 radical (unpaired) electrons. The lowest BCUT2D eigenvalue weighted by Gasteiger charge is -2.21. The van der Waals surface area contributed by atoms with Crippen molar-refractivity contribution in [2.24, 2.45) is 0 Å². The number of nitrogens with one attached hydrogen (secondary N) is 1. The van der Waals surface area contributed by atoms with Crippen LogP contribution in [0.25, 0.3) is 0 Å². The molecule has 0 aliphatic carbocycles. The molecule has 6 heteroatoms.